The highest BCUT2D eigenvalue weighted by molar-refractivity contribution is 7.99. The van der Waals surface area contributed by atoms with Crippen molar-refractivity contribution in [3.8, 4) is 11.5 Å². The van der Waals surface area contributed by atoms with E-state index in [1.807, 2.05) is 32.0 Å². The van der Waals surface area contributed by atoms with E-state index in [-0.39, 0.29) is 18.2 Å². The van der Waals surface area contributed by atoms with E-state index in [4.69, 9.17) is 4.42 Å². The second-order valence-corrected chi connectivity index (χ2v) is 5.74. The van der Waals surface area contributed by atoms with Gasteiger partial charge >= 0.3 is 5.97 Å². The van der Waals surface area contributed by atoms with Gasteiger partial charge in [0.15, 0.2) is 0 Å². The largest absolute Gasteiger partial charge is 0.468 e. The molecule has 1 amide bonds. The Hall–Kier alpha value is -2.35. The molecular weight excluding hydrogens is 318 g/mol. The number of rotatable bonds is 6. The Morgan fingerprint density at radius 3 is 2.74 bits per heavy atom. The van der Waals surface area contributed by atoms with Gasteiger partial charge in [-0.05, 0) is 37.1 Å². The van der Waals surface area contributed by atoms with Gasteiger partial charge in [0.1, 0.15) is 6.54 Å². The number of ether oxygens (including phenoxy) is 1. The van der Waals surface area contributed by atoms with Gasteiger partial charge in [0.25, 0.3) is 5.22 Å². The van der Waals surface area contributed by atoms with E-state index in [0.29, 0.717) is 11.1 Å². The first-order valence-corrected chi connectivity index (χ1v) is 7.85. The number of aryl methyl sites for hydroxylation is 2. The molecule has 0 unspecified atom stereocenters. The Kier molecular flexibility index (Phi) is 5.75. The van der Waals surface area contributed by atoms with Crippen molar-refractivity contribution in [2.75, 3.05) is 19.4 Å². The van der Waals surface area contributed by atoms with Crippen LogP contribution in [-0.4, -0.2) is 41.5 Å². The lowest BCUT2D eigenvalue weighted by atomic mass is 10.1. The van der Waals surface area contributed by atoms with Crippen molar-refractivity contribution in [1.82, 2.24) is 15.5 Å². The predicted octanol–water partition coefficient (Wildman–Crippen LogP) is 1.73. The summed E-state index contributed by atoms with van der Waals surface area (Å²) < 4.78 is 9.96. The fourth-order valence-corrected chi connectivity index (χ4v) is 2.27. The summed E-state index contributed by atoms with van der Waals surface area (Å²) >= 11 is 1.11. The van der Waals surface area contributed by atoms with E-state index in [2.05, 4.69) is 20.3 Å². The average molecular weight is 335 g/mol. The number of amides is 1. The van der Waals surface area contributed by atoms with Gasteiger partial charge in [-0.3, -0.25) is 9.59 Å². The fourth-order valence-electron chi connectivity index (χ4n) is 1.68. The van der Waals surface area contributed by atoms with Gasteiger partial charge in [-0.15, -0.1) is 10.2 Å². The highest BCUT2D eigenvalue weighted by Crippen LogP contribution is 2.24. The summed E-state index contributed by atoms with van der Waals surface area (Å²) in [6.07, 6.45) is 0. The normalized spacial score (nSPS) is 10.4. The van der Waals surface area contributed by atoms with Crippen LogP contribution in [0.3, 0.4) is 0 Å². The predicted molar refractivity (Wildman–Crippen MR) is 85.0 cm³/mol. The van der Waals surface area contributed by atoms with Crippen LogP contribution in [-0.2, 0) is 14.3 Å². The minimum Gasteiger partial charge on any atom is -0.468 e. The van der Waals surface area contributed by atoms with Gasteiger partial charge in [-0.25, -0.2) is 0 Å². The van der Waals surface area contributed by atoms with E-state index in [0.717, 1.165) is 22.9 Å². The molecule has 0 aliphatic heterocycles. The smallest absolute Gasteiger partial charge is 0.325 e. The number of hydrogen-bond acceptors (Lipinski definition) is 7. The Morgan fingerprint density at radius 1 is 1.26 bits per heavy atom. The molecule has 8 heteroatoms. The SMILES string of the molecule is COC(=O)CNC(=O)CSc1nnc(-c2ccc(C)c(C)c2)o1. The van der Waals surface area contributed by atoms with E-state index in [9.17, 15) is 9.59 Å². The number of esters is 1. The Bertz CT molecular complexity index is 714. The van der Waals surface area contributed by atoms with Gasteiger partial charge in [-0.2, -0.15) is 0 Å². The lowest BCUT2D eigenvalue weighted by Crippen LogP contribution is -2.31. The van der Waals surface area contributed by atoms with E-state index in [1.165, 1.54) is 12.7 Å². The number of hydrogen-bond donors (Lipinski definition) is 1. The molecule has 2 rings (SSSR count). The minimum atomic E-state index is -0.502. The van der Waals surface area contributed by atoms with Crippen molar-refractivity contribution in [3.63, 3.8) is 0 Å². The molecule has 2 aromatic rings. The van der Waals surface area contributed by atoms with Gasteiger partial charge in [0.05, 0.1) is 12.9 Å². The zero-order chi connectivity index (χ0) is 16.8. The summed E-state index contributed by atoms with van der Waals surface area (Å²) in [7, 11) is 1.26. The molecule has 1 N–H and O–H groups in total. The first-order chi connectivity index (χ1) is 11.0. The topological polar surface area (TPSA) is 94.3 Å². The molecule has 0 fully saturated rings. The van der Waals surface area contributed by atoms with Crippen LogP contribution >= 0.6 is 11.8 Å². The maximum atomic E-state index is 11.6. The molecule has 1 aromatic carbocycles. The molecule has 23 heavy (non-hydrogen) atoms. The average Bonchev–Trinajstić information content (AvgIpc) is 3.02. The lowest BCUT2D eigenvalue weighted by molar-refractivity contribution is -0.140. The Balaban J connectivity index is 1.91. The highest BCUT2D eigenvalue weighted by Gasteiger charge is 2.12. The second-order valence-electron chi connectivity index (χ2n) is 4.81. The summed E-state index contributed by atoms with van der Waals surface area (Å²) in [5.41, 5.74) is 3.16. The maximum absolute atomic E-state index is 11.6. The lowest BCUT2D eigenvalue weighted by Gasteiger charge is -2.02. The van der Waals surface area contributed by atoms with Crippen molar-refractivity contribution < 1.29 is 18.7 Å². The van der Waals surface area contributed by atoms with Crippen LogP contribution in [0.15, 0.2) is 27.8 Å². The van der Waals surface area contributed by atoms with E-state index >= 15 is 0 Å². The molecule has 0 aliphatic carbocycles. The molecule has 1 heterocycles. The molecule has 7 nitrogen and oxygen atoms in total. The summed E-state index contributed by atoms with van der Waals surface area (Å²) in [6.45, 7) is 3.88. The first-order valence-electron chi connectivity index (χ1n) is 6.87. The summed E-state index contributed by atoms with van der Waals surface area (Å²) in [5.74, 6) is -0.332. The van der Waals surface area contributed by atoms with Gasteiger partial charge in [-0.1, -0.05) is 17.8 Å². The van der Waals surface area contributed by atoms with Crippen LogP contribution in [0.1, 0.15) is 11.1 Å². The third-order valence-electron chi connectivity index (χ3n) is 3.14. The molecule has 0 saturated heterocycles. The van der Waals surface area contributed by atoms with Crippen molar-refractivity contribution >= 4 is 23.6 Å². The van der Waals surface area contributed by atoms with Crippen molar-refractivity contribution in [3.05, 3.63) is 29.3 Å². The summed E-state index contributed by atoms with van der Waals surface area (Å²) in [4.78, 5) is 22.5. The molecule has 0 aliphatic rings. The molecule has 0 spiro atoms. The van der Waals surface area contributed by atoms with Crippen molar-refractivity contribution in [2.24, 2.45) is 0 Å². The van der Waals surface area contributed by atoms with E-state index < -0.39 is 5.97 Å². The van der Waals surface area contributed by atoms with Gasteiger partial charge in [0.2, 0.25) is 11.8 Å². The van der Waals surface area contributed by atoms with Crippen LogP contribution < -0.4 is 5.32 Å². The minimum absolute atomic E-state index is 0.0750. The summed E-state index contributed by atoms with van der Waals surface area (Å²) in [6, 6.07) is 5.87. The molecule has 0 bridgehead atoms. The molecular formula is C15H17N3O4S. The number of aromatic nitrogens is 2. The molecule has 0 saturated carbocycles. The number of benzene rings is 1. The number of nitrogens with one attached hydrogen (secondary N) is 1. The van der Waals surface area contributed by atoms with Gasteiger partial charge in [0, 0.05) is 5.56 Å². The van der Waals surface area contributed by atoms with E-state index in [1.54, 1.807) is 0 Å². The zero-order valence-corrected chi connectivity index (χ0v) is 13.9. The standard InChI is InChI=1S/C15H17N3O4S/c1-9-4-5-11(6-10(9)2)14-17-18-15(22-14)23-8-12(19)16-7-13(20)21-3/h4-6H,7-8H2,1-3H3,(H,16,19). The maximum Gasteiger partial charge on any atom is 0.325 e. The molecule has 122 valence electrons. The molecule has 0 radical (unpaired) electrons. The number of carbonyl (C=O) groups excluding carboxylic acids is 2. The van der Waals surface area contributed by atoms with Crippen molar-refractivity contribution in [1.29, 1.82) is 0 Å². The van der Waals surface area contributed by atoms with Crippen LogP contribution in [0.5, 0.6) is 0 Å². The van der Waals surface area contributed by atoms with Crippen LogP contribution in [0, 0.1) is 13.8 Å². The molecule has 0 atom stereocenters. The number of carbonyl (C=O) groups is 2. The number of thioether (sulfide) groups is 1. The summed E-state index contributed by atoms with van der Waals surface area (Å²) in [5, 5.41) is 10.6. The number of nitrogens with zero attached hydrogens (tertiary/aromatic N) is 2. The Morgan fingerprint density at radius 2 is 2.04 bits per heavy atom. The highest BCUT2D eigenvalue weighted by atomic mass is 32.2. The van der Waals surface area contributed by atoms with Gasteiger partial charge < -0.3 is 14.5 Å². The molecule has 1 aromatic heterocycles. The third kappa shape index (κ3) is 4.82. The van der Waals surface area contributed by atoms with Crippen LogP contribution in [0.25, 0.3) is 11.5 Å². The Labute approximate surface area is 137 Å². The zero-order valence-electron chi connectivity index (χ0n) is 13.1. The quantitative estimate of drug-likeness (QED) is 0.634. The van der Waals surface area contributed by atoms with Crippen LogP contribution in [0.4, 0.5) is 0 Å². The number of methoxy groups -OCH3 is 1. The third-order valence-corrected chi connectivity index (χ3v) is 3.96. The first kappa shape index (κ1) is 17.0. The fraction of sp³-hybridized carbons (Fsp3) is 0.333. The van der Waals surface area contributed by atoms with Crippen molar-refractivity contribution in [2.45, 2.75) is 19.1 Å². The second kappa shape index (κ2) is 7.77. The monoisotopic (exact) mass is 335 g/mol. The van der Waals surface area contributed by atoms with Crippen LogP contribution in [0.2, 0.25) is 0 Å².